The summed E-state index contributed by atoms with van der Waals surface area (Å²) in [7, 11) is -4.25. The number of aliphatic hydroxyl groups is 1. The molecular weight excluding hydrogens is 528 g/mol. The van der Waals surface area contributed by atoms with Crippen LogP contribution in [0.4, 0.5) is 10.5 Å². The summed E-state index contributed by atoms with van der Waals surface area (Å²) in [5.74, 6) is -0.207. The van der Waals surface area contributed by atoms with E-state index in [1.165, 1.54) is 0 Å². The number of ether oxygens (including phenoxy) is 1. The van der Waals surface area contributed by atoms with E-state index in [9.17, 15) is 33.2 Å². The lowest BCUT2D eigenvalue weighted by Gasteiger charge is -2.31. The van der Waals surface area contributed by atoms with Crippen molar-refractivity contribution in [3.63, 3.8) is 0 Å². The van der Waals surface area contributed by atoms with E-state index in [-0.39, 0.29) is 35.9 Å². The summed E-state index contributed by atoms with van der Waals surface area (Å²) in [6.45, 7) is 4.54. The van der Waals surface area contributed by atoms with Crippen molar-refractivity contribution in [3.8, 4) is 0 Å². The van der Waals surface area contributed by atoms with Gasteiger partial charge in [0.2, 0.25) is 15.9 Å². The van der Waals surface area contributed by atoms with E-state index in [2.05, 4.69) is 10.6 Å². The molecule has 39 heavy (non-hydrogen) atoms. The number of carbonyl (C=O) groups is 2. The molecule has 3 N–H and O–H groups in total. The van der Waals surface area contributed by atoms with Crippen molar-refractivity contribution >= 4 is 27.7 Å². The molecule has 0 aliphatic carbocycles. The molecule has 12 nitrogen and oxygen atoms in total. The molecular formula is C26H34N4O8S. The smallest absolute Gasteiger partial charge is 0.407 e. The highest BCUT2D eigenvalue weighted by atomic mass is 32.2. The molecule has 0 aromatic heterocycles. The van der Waals surface area contributed by atoms with Crippen LogP contribution in [-0.4, -0.2) is 71.6 Å². The second kappa shape index (κ2) is 12.5. The minimum absolute atomic E-state index is 0.132. The Kier molecular flexibility index (Phi) is 9.64. The summed E-state index contributed by atoms with van der Waals surface area (Å²) in [6.07, 6.45) is -1.30. The number of benzene rings is 2. The van der Waals surface area contributed by atoms with Gasteiger partial charge in [-0.3, -0.25) is 14.9 Å². The Morgan fingerprint density at radius 2 is 1.85 bits per heavy atom. The van der Waals surface area contributed by atoms with Crippen molar-refractivity contribution in [2.75, 3.05) is 13.1 Å². The zero-order chi connectivity index (χ0) is 28.8. The summed E-state index contributed by atoms with van der Waals surface area (Å²) >= 11 is 0. The van der Waals surface area contributed by atoms with Crippen LogP contribution in [0.15, 0.2) is 59.5 Å². The van der Waals surface area contributed by atoms with E-state index in [4.69, 9.17) is 4.74 Å². The summed E-state index contributed by atoms with van der Waals surface area (Å²) in [4.78, 5) is 34.6. The molecule has 2 aromatic carbocycles. The molecule has 0 spiro atoms. The number of nitro groups is 1. The van der Waals surface area contributed by atoms with Gasteiger partial charge in [-0.15, -0.1) is 0 Å². The Bertz CT molecular complexity index is 1260. The van der Waals surface area contributed by atoms with Crippen molar-refractivity contribution in [1.82, 2.24) is 14.9 Å². The molecule has 1 fully saturated rings. The number of nitrogens with one attached hydrogen (secondary N) is 2. The Labute approximate surface area is 227 Å². The van der Waals surface area contributed by atoms with E-state index in [0.717, 1.165) is 34.1 Å². The maximum atomic E-state index is 13.6. The third-order valence-corrected chi connectivity index (χ3v) is 7.90. The first-order valence-corrected chi connectivity index (χ1v) is 13.9. The van der Waals surface area contributed by atoms with Crippen molar-refractivity contribution in [2.45, 2.75) is 68.7 Å². The van der Waals surface area contributed by atoms with Crippen LogP contribution < -0.4 is 10.6 Å². The fraction of sp³-hybridized carbons (Fsp3) is 0.462. The largest absolute Gasteiger partial charge is 0.444 e. The summed E-state index contributed by atoms with van der Waals surface area (Å²) in [5, 5.41) is 27.7. The zero-order valence-corrected chi connectivity index (χ0v) is 22.9. The van der Waals surface area contributed by atoms with Gasteiger partial charge in [0.05, 0.1) is 22.0 Å². The third kappa shape index (κ3) is 8.73. The first kappa shape index (κ1) is 30.0. The van der Waals surface area contributed by atoms with E-state index >= 15 is 0 Å². The normalized spacial score (nSPS) is 17.4. The van der Waals surface area contributed by atoms with Crippen LogP contribution in [0.2, 0.25) is 0 Å². The van der Waals surface area contributed by atoms with Crippen LogP contribution in [0.1, 0.15) is 39.2 Å². The van der Waals surface area contributed by atoms with Crippen LogP contribution in [0.5, 0.6) is 0 Å². The molecule has 2 aromatic rings. The number of amides is 2. The molecule has 13 heteroatoms. The standard InChI is InChI=1S/C26H34N4O8S/c1-26(2,3)38-25(33)28-22(15-18-7-5-4-6-8-18)23(31)17-29(16-19-9-14-24(32)27-19)39(36,37)21-12-10-20(11-13-21)30(34)35/h4-8,10-13,19,22-23,31H,9,14-17H2,1-3H3,(H,27,32)(H,28,33)/t19-,22-,23+/m0/s1. The summed E-state index contributed by atoms with van der Waals surface area (Å²) < 4.78 is 33.6. The molecule has 0 bridgehead atoms. The maximum absolute atomic E-state index is 13.6. The van der Waals surface area contributed by atoms with Gasteiger partial charge in [0.25, 0.3) is 5.69 Å². The van der Waals surface area contributed by atoms with Crippen LogP contribution >= 0.6 is 0 Å². The number of hydrogen-bond donors (Lipinski definition) is 3. The van der Waals surface area contributed by atoms with Gasteiger partial charge in [-0.05, 0) is 51.3 Å². The number of alkyl carbamates (subject to hydrolysis) is 1. The summed E-state index contributed by atoms with van der Waals surface area (Å²) in [5.41, 5.74) is -0.267. The number of aliphatic hydroxyl groups excluding tert-OH is 1. The Hall–Kier alpha value is -3.55. The van der Waals surface area contributed by atoms with Gasteiger partial charge >= 0.3 is 6.09 Å². The molecule has 0 radical (unpaired) electrons. The third-order valence-electron chi connectivity index (χ3n) is 6.05. The van der Waals surface area contributed by atoms with Gasteiger partial charge in [0, 0.05) is 37.7 Å². The van der Waals surface area contributed by atoms with Crippen molar-refractivity contribution in [1.29, 1.82) is 0 Å². The number of nitrogens with zero attached hydrogens (tertiary/aromatic N) is 2. The number of rotatable bonds is 11. The zero-order valence-electron chi connectivity index (χ0n) is 22.1. The van der Waals surface area contributed by atoms with Gasteiger partial charge in [-0.2, -0.15) is 4.31 Å². The fourth-order valence-electron chi connectivity index (χ4n) is 4.17. The van der Waals surface area contributed by atoms with E-state index in [1.807, 2.05) is 18.2 Å². The molecule has 1 heterocycles. The molecule has 3 atom stereocenters. The molecule has 2 amide bonds. The van der Waals surface area contributed by atoms with Crippen molar-refractivity contribution < 1.29 is 32.8 Å². The van der Waals surface area contributed by atoms with Crippen LogP contribution in [-0.2, 0) is 26.0 Å². The summed E-state index contributed by atoms with van der Waals surface area (Å²) in [6, 6.07) is 12.1. The minimum atomic E-state index is -4.25. The molecule has 3 rings (SSSR count). The van der Waals surface area contributed by atoms with E-state index < -0.39 is 51.4 Å². The second-order valence-corrected chi connectivity index (χ2v) is 12.3. The minimum Gasteiger partial charge on any atom is -0.444 e. The SMILES string of the molecule is CC(C)(C)OC(=O)N[C@@H](Cc1ccccc1)[C@H](O)CN(C[C@@H]1CCC(=O)N1)S(=O)(=O)c1ccc([N+](=O)[O-])cc1. The molecule has 1 aliphatic heterocycles. The molecule has 0 saturated carbocycles. The van der Waals surface area contributed by atoms with E-state index in [0.29, 0.717) is 6.42 Å². The topological polar surface area (TPSA) is 168 Å². The first-order valence-electron chi connectivity index (χ1n) is 12.5. The van der Waals surface area contributed by atoms with Gasteiger partial charge in [-0.1, -0.05) is 30.3 Å². The van der Waals surface area contributed by atoms with Crippen LogP contribution in [0.25, 0.3) is 0 Å². The van der Waals surface area contributed by atoms with Crippen molar-refractivity contribution in [3.05, 3.63) is 70.3 Å². The lowest BCUT2D eigenvalue weighted by molar-refractivity contribution is -0.384. The molecule has 1 saturated heterocycles. The monoisotopic (exact) mass is 562 g/mol. The van der Waals surface area contributed by atoms with Gasteiger partial charge < -0.3 is 20.5 Å². The molecule has 212 valence electrons. The number of carbonyl (C=O) groups excluding carboxylic acids is 2. The quantitative estimate of drug-likeness (QED) is 0.277. The maximum Gasteiger partial charge on any atom is 0.407 e. The highest BCUT2D eigenvalue weighted by Gasteiger charge is 2.35. The van der Waals surface area contributed by atoms with E-state index in [1.54, 1.807) is 32.9 Å². The fourth-order valence-corrected chi connectivity index (χ4v) is 5.67. The highest BCUT2D eigenvalue weighted by Crippen LogP contribution is 2.22. The first-order chi connectivity index (χ1) is 18.2. The Balaban J connectivity index is 1.89. The predicted octanol–water partition coefficient (Wildman–Crippen LogP) is 2.36. The van der Waals surface area contributed by atoms with Gasteiger partial charge in [-0.25, -0.2) is 13.2 Å². The van der Waals surface area contributed by atoms with Crippen LogP contribution in [0.3, 0.4) is 0 Å². The average Bonchev–Trinajstić information content (AvgIpc) is 3.27. The molecule has 0 unspecified atom stereocenters. The van der Waals surface area contributed by atoms with Gasteiger partial charge in [0.15, 0.2) is 0 Å². The van der Waals surface area contributed by atoms with Crippen LogP contribution in [0, 0.1) is 10.1 Å². The Morgan fingerprint density at radius 3 is 2.38 bits per heavy atom. The number of hydrogen-bond acceptors (Lipinski definition) is 8. The number of nitro benzene ring substituents is 1. The van der Waals surface area contributed by atoms with Crippen molar-refractivity contribution in [2.24, 2.45) is 0 Å². The van der Waals surface area contributed by atoms with Gasteiger partial charge in [0.1, 0.15) is 5.60 Å². The lowest BCUT2D eigenvalue weighted by Crippen LogP contribution is -2.53. The average molecular weight is 563 g/mol. The highest BCUT2D eigenvalue weighted by molar-refractivity contribution is 7.89. The second-order valence-electron chi connectivity index (χ2n) is 10.4. The Morgan fingerprint density at radius 1 is 1.21 bits per heavy atom. The number of sulfonamides is 1. The predicted molar refractivity (Wildman–Crippen MR) is 142 cm³/mol. The number of non-ortho nitro benzene ring substituents is 1. The lowest BCUT2D eigenvalue weighted by atomic mass is 10.0. The molecule has 1 aliphatic rings.